The Hall–Kier alpha value is -2.78. The van der Waals surface area contributed by atoms with Gasteiger partial charge in [0.05, 0.1) is 10.6 Å². The minimum atomic E-state index is -3.48. The first kappa shape index (κ1) is 20.1. The molecule has 2 aromatic heterocycles. The van der Waals surface area contributed by atoms with Gasteiger partial charge in [-0.05, 0) is 74.1 Å². The molecule has 1 fully saturated rings. The number of benzene rings is 1. The summed E-state index contributed by atoms with van der Waals surface area (Å²) in [4.78, 5) is 2.49. The fourth-order valence-corrected chi connectivity index (χ4v) is 5.80. The van der Waals surface area contributed by atoms with Gasteiger partial charge in [0.25, 0.3) is 0 Å². The second kappa shape index (κ2) is 8.05. The van der Waals surface area contributed by atoms with E-state index in [9.17, 15) is 8.42 Å². The van der Waals surface area contributed by atoms with E-state index in [1.165, 1.54) is 17.5 Å². The van der Waals surface area contributed by atoms with Crippen molar-refractivity contribution in [2.45, 2.75) is 37.5 Å². The summed E-state index contributed by atoms with van der Waals surface area (Å²) in [5.41, 5.74) is 3.40. The number of rotatable bonds is 4. The van der Waals surface area contributed by atoms with Gasteiger partial charge in [0.15, 0.2) is 11.6 Å². The summed E-state index contributed by atoms with van der Waals surface area (Å²) in [6.07, 6.45) is 6.19. The molecule has 0 N–H and O–H groups in total. The molecule has 31 heavy (non-hydrogen) atoms. The Morgan fingerprint density at radius 1 is 0.839 bits per heavy atom. The molecule has 1 aliphatic carbocycles. The molecule has 8 nitrogen and oxygen atoms in total. The zero-order chi connectivity index (χ0) is 21.4. The maximum absolute atomic E-state index is 13.2. The van der Waals surface area contributed by atoms with Crippen molar-refractivity contribution in [3.8, 4) is 5.82 Å². The molecule has 1 aliphatic heterocycles. The molecule has 0 amide bonds. The molecule has 0 saturated carbocycles. The highest BCUT2D eigenvalue weighted by Crippen LogP contribution is 2.26. The van der Waals surface area contributed by atoms with Gasteiger partial charge in [0, 0.05) is 32.4 Å². The first-order chi connectivity index (χ1) is 15.0. The molecule has 1 aromatic carbocycles. The predicted molar refractivity (Wildman–Crippen MR) is 118 cm³/mol. The average Bonchev–Trinajstić information content (AvgIpc) is 3.25. The van der Waals surface area contributed by atoms with Crippen LogP contribution in [0.25, 0.3) is 5.82 Å². The SMILES string of the molecule is Cc1ccn(-c2ccc(N3CCN(S(=O)(=O)c4ccc5c(c4)CCCC5)CC3)nn2)n1. The van der Waals surface area contributed by atoms with E-state index in [0.29, 0.717) is 36.9 Å². The number of aromatic nitrogens is 4. The van der Waals surface area contributed by atoms with E-state index in [0.717, 1.165) is 30.8 Å². The summed E-state index contributed by atoms with van der Waals surface area (Å²) in [6, 6.07) is 11.4. The van der Waals surface area contributed by atoms with Crippen LogP contribution >= 0.6 is 0 Å². The molecule has 1 saturated heterocycles. The molecule has 9 heteroatoms. The van der Waals surface area contributed by atoms with E-state index in [1.54, 1.807) is 15.1 Å². The zero-order valence-corrected chi connectivity index (χ0v) is 18.4. The molecule has 2 aliphatic rings. The van der Waals surface area contributed by atoms with Gasteiger partial charge in [-0.25, -0.2) is 13.1 Å². The van der Waals surface area contributed by atoms with Gasteiger partial charge in [0.2, 0.25) is 10.0 Å². The van der Waals surface area contributed by atoms with Gasteiger partial charge >= 0.3 is 0 Å². The molecular weight excluding hydrogens is 412 g/mol. The fraction of sp³-hybridized carbons (Fsp3) is 0.409. The number of nitrogens with zero attached hydrogens (tertiary/aromatic N) is 6. The topological polar surface area (TPSA) is 84.2 Å². The van der Waals surface area contributed by atoms with E-state index in [1.807, 2.05) is 43.5 Å². The predicted octanol–water partition coefficient (Wildman–Crippen LogP) is 2.36. The molecule has 3 heterocycles. The van der Waals surface area contributed by atoms with Crippen LogP contribution in [-0.4, -0.2) is 58.9 Å². The quantitative estimate of drug-likeness (QED) is 0.622. The van der Waals surface area contributed by atoms with Gasteiger partial charge in [-0.2, -0.15) is 9.40 Å². The first-order valence-corrected chi connectivity index (χ1v) is 12.2. The summed E-state index contributed by atoms with van der Waals surface area (Å²) < 4.78 is 29.7. The number of anilines is 1. The number of sulfonamides is 1. The maximum atomic E-state index is 13.2. The van der Waals surface area contributed by atoms with Crippen molar-refractivity contribution < 1.29 is 8.42 Å². The maximum Gasteiger partial charge on any atom is 0.243 e. The lowest BCUT2D eigenvalue weighted by Crippen LogP contribution is -2.49. The number of hydrogen-bond donors (Lipinski definition) is 0. The fourth-order valence-electron chi connectivity index (χ4n) is 4.33. The summed E-state index contributed by atoms with van der Waals surface area (Å²) >= 11 is 0. The van der Waals surface area contributed by atoms with Gasteiger partial charge in [0.1, 0.15) is 0 Å². The van der Waals surface area contributed by atoms with Crippen LogP contribution < -0.4 is 4.90 Å². The minimum Gasteiger partial charge on any atom is -0.352 e. The average molecular weight is 439 g/mol. The van der Waals surface area contributed by atoms with Gasteiger partial charge in [-0.1, -0.05) is 6.07 Å². The van der Waals surface area contributed by atoms with Crippen molar-refractivity contribution in [3.05, 3.63) is 59.4 Å². The number of hydrogen-bond acceptors (Lipinski definition) is 6. The van der Waals surface area contributed by atoms with Crippen LogP contribution in [0.3, 0.4) is 0 Å². The Morgan fingerprint density at radius 3 is 2.23 bits per heavy atom. The number of piperazine rings is 1. The largest absolute Gasteiger partial charge is 0.352 e. The van der Waals surface area contributed by atoms with Crippen molar-refractivity contribution >= 4 is 15.8 Å². The molecule has 0 bridgehead atoms. The molecule has 0 spiro atoms. The molecule has 0 atom stereocenters. The van der Waals surface area contributed by atoms with Crippen molar-refractivity contribution in [1.82, 2.24) is 24.3 Å². The molecule has 5 rings (SSSR count). The van der Waals surface area contributed by atoms with Crippen LogP contribution in [0.15, 0.2) is 47.5 Å². The Bertz CT molecular complexity index is 1180. The lowest BCUT2D eigenvalue weighted by molar-refractivity contribution is 0.383. The Morgan fingerprint density at radius 2 is 1.55 bits per heavy atom. The van der Waals surface area contributed by atoms with E-state index in [-0.39, 0.29) is 0 Å². The zero-order valence-electron chi connectivity index (χ0n) is 17.6. The van der Waals surface area contributed by atoms with Gasteiger partial charge in [-0.3, -0.25) is 0 Å². The summed E-state index contributed by atoms with van der Waals surface area (Å²) in [5.74, 6) is 1.41. The van der Waals surface area contributed by atoms with Crippen molar-refractivity contribution in [2.24, 2.45) is 0 Å². The Labute approximate surface area is 182 Å². The van der Waals surface area contributed by atoms with Crippen LogP contribution in [0.2, 0.25) is 0 Å². The lowest BCUT2D eigenvalue weighted by Gasteiger charge is -2.34. The summed E-state index contributed by atoms with van der Waals surface area (Å²) in [5, 5.41) is 12.9. The van der Waals surface area contributed by atoms with Crippen LogP contribution in [0.4, 0.5) is 5.82 Å². The van der Waals surface area contributed by atoms with Crippen molar-refractivity contribution in [2.75, 3.05) is 31.1 Å². The van der Waals surface area contributed by atoms with E-state index in [4.69, 9.17) is 0 Å². The highest BCUT2D eigenvalue weighted by molar-refractivity contribution is 7.89. The Balaban J connectivity index is 1.26. The first-order valence-electron chi connectivity index (χ1n) is 10.7. The van der Waals surface area contributed by atoms with Gasteiger partial charge < -0.3 is 4.90 Å². The second-order valence-corrected chi connectivity index (χ2v) is 10.1. The van der Waals surface area contributed by atoms with Crippen LogP contribution in [0.1, 0.15) is 29.7 Å². The molecule has 3 aromatic rings. The van der Waals surface area contributed by atoms with Crippen LogP contribution in [-0.2, 0) is 22.9 Å². The van der Waals surface area contributed by atoms with Crippen molar-refractivity contribution in [1.29, 1.82) is 0 Å². The standard InChI is InChI=1S/C22H26N6O2S/c1-17-10-11-28(25-17)22-9-8-21(23-24-22)26-12-14-27(15-13-26)31(29,30)20-7-6-18-4-2-3-5-19(18)16-20/h6-11,16H,2-5,12-15H2,1H3. The molecule has 0 radical (unpaired) electrons. The van der Waals surface area contributed by atoms with Crippen LogP contribution in [0.5, 0.6) is 0 Å². The normalized spacial score (nSPS) is 17.5. The third-order valence-corrected chi connectivity index (χ3v) is 8.01. The minimum absolute atomic E-state index is 0.417. The molecular formula is C22H26N6O2S. The third kappa shape index (κ3) is 3.95. The van der Waals surface area contributed by atoms with E-state index in [2.05, 4.69) is 20.2 Å². The van der Waals surface area contributed by atoms with Gasteiger partial charge in [-0.15, -0.1) is 10.2 Å². The number of aryl methyl sites for hydroxylation is 3. The van der Waals surface area contributed by atoms with E-state index >= 15 is 0 Å². The summed E-state index contributed by atoms with van der Waals surface area (Å²) in [7, 11) is -3.48. The van der Waals surface area contributed by atoms with Crippen molar-refractivity contribution in [3.63, 3.8) is 0 Å². The second-order valence-electron chi connectivity index (χ2n) is 8.18. The summed E-state index contributed by atoms with van der Waals surface area (Å²) in [6.45, 7) is 3.95. The highest BCUT2D eigenvalue weighted by Gasteiger charge is 2.29. The van der Waals surface area contributed by atoms with Crippen LogP contribution in [0, 0.1) is 6.92 Å². The van der Waals surface area contributed by atoms with E-state index < -0.39 is 10.0 Å². The monoisotopic (exact) mass is 438 g/mol. The molecule has 0 unspecified atom stereocenters. The lowest BCUT2D eigenvalue weighted by atomic mass is 9.92. The number of fused-ring (bicyclic) bond motifs is 1. The molecule has 162 valence electrons. The Kier molecular flexibility index (Phi) is 5.23. The highest BCUT2D eigenvalue weighted by atomic mass is 32.2. The smallest absolute Gasteiger partial charge is 0.243 e. The third-order valence-electron chi connectivity index (χ3n) is 6.11.